The van der Waals surface area contributed by atoms with E-state index in [0.717, 1.165) is 25.7 Å². The second kappa shape index (κ2) is 27.5. The van der Waals surface area contributed by atoms with Crippen LogP contribution in [0.1, 0.15) is 115 Å². The molecule has 2 rings (SSSR count). The molecule has 1 aliphatic rings. The van der Waals surface area contributed by atoms with Crippen molar-refractivity contribution in [2.45, 2.75) is 140 Å². The zero-order valence-electron chi connectivity index (χ0n) is 34.0. The van der Waals surface area contributed by atoms with Gasteiger partial charge in [-0.25, -0.2) is 9.36 Å². The van der Waals surface area contributed by atoms with E-state index in [-0.39, 0.29) is 38.0 Å². The van der Waals surface area contributed by atoms with E-state index < -0.39 is 86.4 Å². The Hall–Kier alpha value is -4.19. The van der Waals surface area contributed by atoms with Gasteiger partial charge in [0.05, 0.1) is 13.0 Å². The number of hydrogen-bond donors (Lipinski definition) is 8. The van der Waals surface area contributed by atoms with Gasteiger partial charge < -0.3 is 40.9 Å². The quantitative estimate of drug-likeness (QED) is 0.0407. The maximum absolute atomic E-state index is 13.8. The largest absolute Gasteiger partial charge is 0.524 e. The minimum Gasteiger partial charge on any atom is -0.481 e. The van der Waals surface area contributed by atoms with Gasteiger partial charge in [0.2, 0.25) is 29.5 Å². The number of thioether (sulfide) groups is 1. The smallest absolute Gasteiger partial charge is 0.481 e. The van der Waals surface area contributed by atoms with Crippen LogP contribution in [0.15, 0.2) is 24.3 Å². The number of carboxylic acid groups (broad SMARTS) is 2. The van der Waals surface area contributed by atoms with Crippen LogP contribution >= 0.6 is 19.6 Å². The van der Waals surface area contributed by atoms with Gasteiger partial charge in [0.25, 0.3) is 0 Å². The fraction of sp³-hybridized carbons (Fsp3) is 0.667. The molecule has 5 amide bonds. The lowest BCUT2D eigenvalue weighted by molar-refractivity contribution is -0.149. The fourth-order valence-corrected chi connectivity index (χ4v) is 7.53. The third-order valence-electron chi connectivity index (χ3n) is 9.75. The number of carbonyl (C=O) groups excluding carboxylic acids is 5. The average molecular weight is 872 g/mol. The molecule has 18 nitrogen and oxygen atoms in total. The molecule has 20 heteroatoms. The number of likely N-dealkylation sites (tertiary alicyclic amines) is 1. The first-order valence-corrected chi connectivity index (χ1v) is 23.2. The van der Waals surface area contributed by atoms with Crippen molar-refractivity contribution in [1.82, 2.24) is 26.2 Å². The number of nitrogens with one attached hydrogen (secondary N) is 4. The first kappa shape index (κ1) is 51.0. The van der Waals surface area contributed by atoms with E-state index >= 15 is 0 Å². The SMILES string of the molecule is CCCCCCCCCCCCCC(=O)N[C@@H](CC(=O)O)C(=O)NCC(=O)N[C@@H](Cc1ccc(OP(=O)(O)O)cc1)C(=O)N[C@@H](CCSC)C(=O)N1CCC[C@H]1C(=O)O. The molecular weight excluding hydrogens is 809 g/mol. The van der Waals surface area contributed by atoms with Gasteiger partial charge >= 0.3 is 19.8 Å². The number of aliphatic carboxylic acids is 2. The Bertz CT molecular complexity index is 1580. The number of rotatable bonds is 30. The van der Waals surface area contributed by atoms with Gasteiger partial charge in [-0.15, -0.1) is 0 Å². The summed E-state index contributed by atoms with van der Waals surface area (Å²) in [6.45, 7) is 1.66. The highest BCUT2D eigenvalue weighted by molar-refractivity contribution is 7.98. The van der Waals surface area contributed by atoms with Crippen LogP contribution in [-0.4, -0.2) is 116 Å². The lowest BCUT2D eigenvalue weighted by Crippen LogP contribution is -2.57. The topological polar surface area (TPSA) is 278 Å². The van der Waals surface area contributed by atoms with Crippen LogP contribution < -0.4 is 25.8 Å². The van der Waals surface area contributed by atoms with E-state index in [1.807, 2.05) is 0 Å². The summed E-state index contributed by atoms with van der Waals surface area (Å²) >= 11 is 1.40. The van der Waals surface area contributed by atoms with Gasteiger partial charge in [0, 0.05) is 19.4 Å². The molecule has 1 aromatic rings. The Kier molecular flexibility index (Phi) is 23.8. The number of carbonyl (C=O) groups is 7. The lowest BCUT2D eigenvalue weighted by atomic mass is 10.0. The van der Waals surface area contributed by atoms with Crippen LogP contribution in [0.25, 0.3) is 0 Å². The Morgan fingerprint density at radius 3 is 1.97 bits per heavy atom. The van der Waals surface area contributed by atoms with E-state index in [4.69, 9.17) is 9.79 Å². The highest BCUT2D eigenvalue weighted by atomic mass is 32.2. The molecule has 0 aromatic heterocycles. The van der Waals surface area contributed by atoms with E-state index in [0.29, 0.717) is 24.2 Å². The minimum absolute atomic E-state index is 0.0965. The number of unbranched alkanes of at least 4 members (excludes halogenated alkanes) is 10. The number of hydrogen-bond acceptors (Lipinski definition) is 10. The van der Waals surface area contributed by atoms with Gasteiger partial charge in [-0.3, -0.25) is 38.6 Å². The van der Waals surface area contributed by atoms with Crippen molar-refractivity contribution in [3.05, 3.63) is 29.8 Å². The predicted molar refractivity (Wildman–Crippen MR) is 220 cm³/mol. The maximum atomic E-state index is 13.8. The summed E-state index contributed by atoms with van der Waals surface area (Å²) in [6, 6.07) is 0.221. The molecule has 4 atom stereocenters. The normalized spacial score (nSPS) is 15.4. The van der Waals surface area contributed by atoms with Crippen LogP contribution in [0.2, 0.25) is 0 Å². The molecule has 1 aliphatic heterocycles. The van der Waals surface area contributed by atoms with Gasteiger partial charge in [-0.2, -0.15) is 11.8 Å². The third kappa shape index (κ3) is 21.1. The van der Waals surface area contributed by atoms with E-state index in [2.05, 4.69) is 32.7 Å². The Morgan fingerprint density at radius 2 is 1.41 bits per heavy atom. The van der Waals surface area contributed by atoms with Gasteiger partial charge in [-0.05, 0) is 55.4 Å². The molecule has 0 unspecified atom stereocenters. The molecule has 0 radical (unpaired) electrons. The number of amides is 5. The van der Waals surface area contributed by atoms with Crippen LogP contribution in [0.3, 0.4) is 0 Å². The van der Waals surface area contributed by atoms with Gasteiger partial charge in [-0.1, -0.05) is 83.3 Å². The highest BCUT2D eigenvalue weighted by Crippen LogP contribution is 2.37. The molecular formula is C39H62N5O13PS. The number of carboxylic acids is 2. The van der Waals surface area contributed by atoms with Crippen molar-refractivity contribution in [3.63, 3.8) is 0 Å². The molecule has 1 aromatic carbocycles. The number of benzene rings is 1. The maximum Gasteiger partial charge on any atom is 0.524 e. The summed E-state index contributed by atoms with van der Waals surface area (Å²) in [7, 11) is -4.86. The monoisotopic (exact) mass is 871 g/mol. The molecule has 1 saturated heterocycles. The lowest BCUT2D eigenvalue weighted by Gasteiger charge is -2.29. The summed E-state index contributed by atoms with van der Waals surface area (Å²) in [5.41, 5.74) is 0.395. The highest BCUT2D eigenvalue weighted by Gasteiger charge is 2.38. The molecule has 0 saturated carbocycles. The standard InChI is InChI=1S/C39H62N5O13PS/c1-3-4-5-6-7-8-9-10-11-12-13-16-33(45)41-31(25-35(47)48)36(49)40-26-34(46)42-30(24-27-17-19-28(20-18-27)57-58(54,55)56)37(50)43-29(21-23-59-2)38(51)44-22-14-15-32(44)39(52)53/h17-20,29-32H,3-16,21-26H2,1-2H3,(H,40,49)(H,41,45)(H,42,46)(H,43,50)(H,47,48)(H,52,53)(H2,54,55,56)/t29-,30-,31-,32-/m0/s1. The number of phosphoric ester groups is 1. The first-order valence-electron chi connectivity index (χ1n) is 20.3. The number of nitrogens with zero attached hydrogens (tertiary/aromatic N) is 1. The summed E-state index contributed by atoms with van der Waals surface area (Å²) in [5, 5.41) is 29.0. The van der Waals surface area contributed by atoms with E-state index in [9.17, 15) is 48.3 Å². The van der Waals surface area contributed by atoms with Crippen molar-refractivity contribution in [3.8, 4) is 5.75 Å². The second-order valence-corrected chi connectivity index (χ2v) is 16.8. The van der Waals surface area contributed by atoms with Crippen molar-refractivity contribution < 1.29 is 62.7 Å². The van der Waals surface area contributed by atoms with E-state index in [1.165, 1.54) is 79.5 Å². The molecule has 0 spiro atoms. The fourth-order valence-electron chi connectivity index (χ4n) is 6.66. The molecule has 1 fully saturated rings. The summed E-state index contributed by atoms with van der Waals surface area (Å²) in [6.07, 6.45) is 13.8. The Balaban J connectivity index is 2.08. The van der Waals surface area contributed by atoms with Crippen molar-refractivity contribution >= 4 is 61.1 Å². The van der Waals surface area contributed by atoms with Crippen molar-refractivity contribution in [2.24, 2.45) is 0 Å². The van der Waals surface area contributed by atoms with Gasteiger partial charge in [0.1, 0.15) is 29.9 Å². The zero-order valence-corrected chi connectivity index (χ0v) is 35.7. The summed E-state index contributed by atoms with van der Waals surface area (Å²) < 4.78 is 15.8. The van der Waals surface area contributed by atoms with Crippen LogP contribution in [0.5, 0.6) is 5.75 Å². The minimum atomic E-state index is -4.86. The predicted octanol–water partition coefficient (Wildman–Crippen LogP) is 3.28. The zero-order chi connectivity index (χ0) is 43.8. The molecule has 8 N–H and O–H groups in total. The molecule has 0 aliphatic carbocycles. The first-order chi connectivity index (χ1) is 28.0. The van der Waals surface area contributed by atoms with Crippen molar-refractivity contribution in [1.29, 1.82) is 0 Å². The Labute approximate surface area is 350 Å². The van der Waals surface area contributed by atoms with Crippen molar-refractivity contribution in [2.75, 3.05) is 25.1 Å². The van der Waals surface area contributed by atoms with Crippen LogP contribution in [-0.2, 0) is 44.5 Å². The molecule has 1 heterocycles. The Morgan fingerprint density at radius 1 is 0.814 bits per heavy atom. The number of phosphoric acid groups is 1. The average Bonchev–Trinajstić information content (AvgIpc) is 3.67. The van der Waals surface area contributed by atoms with Crippen LogP contribution in [0.4, 0.5) is 0 Å². The van der Waals surface area contributed by atoms with E-state index in [1.54, 1.807) is 6.26 Å². The molecule has 0 bridgehead atoms. The summed E-state index contributed by atoms with van der Waals surface area (Å²) in [4.78, 5) is 109. The second-order valence-electron chi connectivity index (χ2n) is 14.6. The molecule has 59 heavy (non-hydrogen) atoms. The van der Waals surface area contributed by atoms with Gasteiger partial charge in [0.15, 0.2) is 0 Å². The summed E-state index contributed by atoms with van der Waals surface area (Å²) in [5.74, 6) is -5.98. The van der Waals surface area contributed by atoms with Crippen LogP contribution in [0, 0.1) is 0 Å². The third-order valence-corrected chi connectivity index (χ3v) is 10.8. The molecule has 332 valence electrons.